The number of nitrogens with two attached hydrogens (primary N) is 1. The molecule has 2 aromatic rings. The van der Waals surface area contributed by atoms with E-state index >= 15 is 0 Å². The fraction of sp³-hybridized carbons (Fsp3) is 0.350. The summed E-state index contributed by atoms with van der Waals surface area (Å²) in [5.41, 5.74) is 8.00. The second-order valence-corrected chi connectivity index (χ2v) is 6.64. The van der Waals surface area contributed by atoms with Crippen LogP contribution in [0.1, 0.15) is 29.9 Å². The van der Waals surface area contributed by atoms with Crippen molar-refractivity contribution in [2.45, 2.75) is 31.2 Å². The van der Waals surface area contributed by atoms with Crippen LogP contribution in [0.25, 0.3) is 0 Å². The second-order valence-electron chi connectivity index (χ2n) is 6.64. The highest BCUT2D eigenvalue weighted by Gasteiger charge is 2.28. The van der Waals surface area contributed by atoms with Crippen LogP contribution in [-0.2, 0) is 11.2 Å². The van der Waals surface area contributed by atoms with Gasteiger partial charge in [-0.3, -0.25) is 4.79 Å². The van der Waals surface area contributed by atoms with E-state index in [0.29, 0.717) is 19.5 Å². The minimum atomic E-state index is -0.527. The number of rotatable bonds is 4. The maximum absolute atomic E-state index is 12.6. The highest BCUT2D eigenvalue weighted by atomic mass is 16.3. The summed E-state index contributed by atoms with van der Waals surface area (Å²) < 4.78 is 0. The number of hydrogen-bond donors (Lipinski definition) is 3. The van der Waals surface area contributed by atoms with Gasteiger partial charge in [0, 0.05) is 19.2 Å². The van der Waals surface area contributed by atoms with Crippen LogP contribution >= 0.6 is 0 Å². The maximum Gasteiger partial charge on any atom is 0.239 e. The highest BCUT2D eigenvalue weighted by Crippen LogP contribution is 2.35. The summed E-state index contributed by atoms with van der Waals surface area (Å²) in [6.07, 6.45) is 2.10. The third-order valence-electron chi connectivity index (χ3n) is 4.88. The number of hydrogen-bond acceptors (Lipinski definition) is 4. The lowest BCUT2D eigenvalue weighted by Gasteiger charge is -2.34. The molecule has 0 radical (unpaired) electrons. The van der Waals surface area contributed by atoms with Gasteiger partial charge in [-0.15, -0.1) is 0 Å². The first-order valence-corrected chi connectivity index (χ1v) is 8.65. The Hall–Kier alpha value is -2.53. The van der Waals surface area contributed by atoms with Crippen molar-refractivity contribution in [3.63, 3.8) is 0 Å². The molecule has 1 aliphatic rings. The van der Waals surface area contributed by atoms with Gasteiger partial charge in [0.05, 0.1) is 6.04 Å². The first kappa shape index (κ1) is 17.3. The Balaban J connectivity index is 1.57. The van der Waals surface area contributed by atoms with E-state index in [4.69, 9.17) is 5.73 Å². The van der Waals surface area contributed by atoms with Gasteiger partial charge in [-0.25, -0.2) is 0 Å². The normalized spacial score (nSPS) is 16.6. The molecule has 0 aliphatic carbocycles. The summed E-state index contributed by atoms with van der Waals surface area (Å²) in [6.45, 7) is 1.26. The quantitative estimate of drug-likeness (QED) is 0.797. The Morgan fingerprint density at radius 2 is 1.80 bits per heavy atom. The first-order valence-electron chi connectivity index (χ1n) is 8.65. The van der Waals surface area contributed by atoms with Gasteiger partial charge in [0.25, 0.3) is 0 Å². The minimum absolute atomic E-state index is 0.0165. The number of benzene rings is 2. The van der Waals surface area contributed by atoms with Gasteiger partial charge in [0.15, 0.2) is 0 Å². The zero-order valence-corrected chi connectivity index (χ0v) is 14.1. The number of aromatic hydroxyl groups is 2. The number of phenols is 2. The molecule has 1 aliphatic heterocycles. The molecule has 4 N–H and O–H groups in total. The predicted octanol–water partition coefficient (Wildman–Crippen LogP) is 2.37. The first-order chi connectivity index (χ1) is 12.0. The van der Waals surface area contributed by atoms with Crippen LogP contribution in [-0.4, -0.2) is 40.2 Å². The van der Waals surface area contributed by atoms with E-state index in [1.807, 2.05) is 35.2 Å². The summed E-state index contributed by atoms with van der Waals surface area (Å²) in [4.78, 5) is 14.4. The van der Waals surface area contributed by atoms with Crippen LogP contribution in [0, 0.1) is 0 Å². The van der Waals surface area contributed by atoms with Crippen LogP contribution in [0.3, 0.4) is 0 Å². The van der Waals surface area contributed by atoms with Crippen LogP contribution in [0.4, 0.5) is 0 Å². The fourth-order valence-corrected chi connectivity index (χ4v) is 3.48. The molecule has 5 nitrogen and oxygen atoms in total. The van der Waals surface area contributed by atoms with Gasteiger partial charge in [0.1, 0.15) is 11.5 Å². The molecule has 0 saturated carbocycles. The van der Waals surface area contributed by atoms with E-state index in [1.54, 1.807) is 12.1 Å². The largest absolute Gasteiger partial charge is 0.508 e. The molecule has 1 fully saturated rings. The molecule has 3 rings (SSSR count). The van der Waals surface area contributed by atoms with E-state index in [1.165, 1.54) is 6.07 Å². The van der Waals surface area contributed by atoms with Crippen LogP contribution < -0.4 is 5.73 Å². The van der Waals surface area contributed by atoms with Gasteiger partial charge in [0.2, 0.25) is 5.91 Å². The van der Waals surface area contributed by atoms with Gasteiger partial charge >= 0.3 is 0 Å². The van der Waals surface area contributed by atoms with Crippen molar-refractivity contribution in [1.82, 2.24) is 4.90 Å². The Kier molecular flexibility index (Phi) is 5.24. The minimum Gasteiger partial charge on any atom is -0.508 e. The van der Waals surface area contributed by atoms with Gasteiger partial charge in [-0.05, 0) is 42.4 Å². The number of piperidine rings is 1. The van der Waals surface area contributed by atoms with E-state index in [0.717, 1.165) is 24.0 Å². The number of carbonyl (C=O) groups excluding carboxylic acids is 1. The summed E-state index contributed by atoms with van der Waals surface area (Å²) >= 11 is 0. The molecule has 0 spiro atoms. The van der Waals surface area contributed by atoms with Crippen molar-refractivity contribution in [1.29, 1.82) is 0 Å². The average molecular weight is 340 g/mol. The fourth-order valence-electron chi connectivity index (χ4n) is 3.48. The monoisotopic (exact) mass is 340 g/mol. The van der Waals surface area contributed by atoms with Crippen LogP contribution in [0.2, 0.25) is 0 Å². The molecule has 1 amide bonds. The van der Waals surface area contributed by atoms with Crippen molar-refractivity contribution >= 4 is 5.91 Å². The third-order valence-corrected chi connectivity index (χ3v) is 4.88. The molecule has 25 heavy (non-hydrogen) atoms. The molecular formula is C20H24N2O3. The highest BCUT2D eigenvalue weighted by molar-refractivity contribution is 5.82. The average Bonchev–Trinajstić information content (AvgIpc) is 2.62. The summed E-state index contributed by atoms with van der Waals surface area (Å²) in [5.74, 6) is 0.346. The molecule has 1 atom stereocenters. The number of carbonyl (C=O) groups is 1. The molecule has 1 heterocycles. The van der Waals surface area contributed by atoms with Crippen molar-refractivity contribution in [3.8, 4) is 11.5 Å². The maximum atomic E-state index is 12.6. The van der Waals surface area contributed by atoms with Gasteiger partial charge in [-0.1, -0.05) is 36.4 Å². The lowest BCUT2D eigenvalue weighted by Crippen LogP contribution is -2.47. The number of amides is 1. The summed E-state index contributed by atoms with van der Waals surface area (Å²) in [7, 11) is 0. The van der Waals surface area contributed by atoms with Crippen molar-refractivity contribution in [2.24, 2.45) is 5.73 Å². The Morgan fingerprint density at radius 1 is 1.12 bits per heavy atom. The Bertz CT molecular complexity index is 725. The van der Waals surface area contributed by atoms with Crippen LogP contribution in [0.15, 0.2) is 48.5 Å². The molecule has 0 unspecified atom stereocenters. The standard InChI is InChI=1S/C20H24N2O3/c21-18(12-14-4-2-1-3-5-14)20(25)22-10-8-15(9-11-22)17-7-6-16(23)13-19(17)24/h1-7,13,15,18,23-24H,8-12,21H2/t18-/m1/s1. The number of likely N-dealkylation sites (tertiary alicyclic amines) is 1. The smallest absolute Gasteiger partial charge is 0.239 e. The molecule has 2 aromatic carbocycles. The zero-order valence-electron chi connectivity index (χ0n) is 14.1. The molecule has 5 heteroatoms. The Morgan fingerprint density at radius 3 is 2.44 bits per heavy atom. The van der Waals surface area contributed by atoms with Crippen LogP contribution in [0.5, 0.6) is 11.5 Å². The SMILES string of the molecule is N[C@H](Cc1ccccc1)C(=O)N1CCC(c2ccc(O)cc2O)CC1. The molecule has 1 saturated heterocycles. The molecular weight excluding hydrogens is 316 g/mol. The lowest BCUT2D eigenvalue weighted by atomic mass is 9.88. The molecule has 132 valence electrons. The van der Waals surface area contributed by atoms with E-state index in [9.17, 15) is 15.0 Å². The molecule has 0 bridgehead atoms. The van der Waals surface area contributed by atoms with Crippen molar-refractivity contribution in [2.75, 3.05) is 13.1 Å². The number of nitrogens with zero attached hydrogens (tertiary/aromatic N) is 1. The predicted molar refractivity (Wildman–Crippen MR) is 96.4 cm³/mol. The van der Waals surface area contributed by atoms with Crippen molar-refractivity contribution < 1.29 is 15.0 Å². The topological polar surface area (TPSA) is 86.8 Å². The van der Waals surface area contributed by atoms with Gasteiger partial charge in [-0.2, -0.15) is 0 Å². The summed E-state index contributed by atoms with van der Waals surface area (Å²) in [6, 6.07) is 14.0. The number of phenolic OH excluding ortho intramolecular Hbond substituents is 2. The lowest BCUT2D eigenvalue weighted by molar-refractivity contribution is -0.133. The van der Waals surface area contributed by atoms with Gasteiger partial charge < -0.3 is 20.8 Å². The second kappa shape index (κ2) is 7.57. The molecule has 0 aromatic heterocycles. The van der Waals surface area contributed by atoms with E-state index < -0.39 is 6.04 Å². The third kappa shape index (κ3) is 4.12. The van der Waals surface area contributed by atoms with E-state index in [-0.39, 0.29) is 23.3 Å². The van der Waals surface area contributed by atoms with E-state index in [2.05, 4.69) is 0 Å². The zero-order chi connectivity index (χ0) is 17.8. The summed E-state index contributed by atoms with van der Waals surface area (Å²) in [5, 5.41) is 19.4. The Labute approximate surface area is 147 Å². The van der Waals surface area contributed by atoms with Crippen molar-refractivity contribution in [3.05, 3.63) is 59.7 Å².